The van der Waals surface area contributed by atoms with Crippen LogP contribution in [0.25, 0.3) is 0 Å². The van der Waals surface area contributed by atoms with Gasteiger partial charge < -0.3 is 10.6 Å². The number of fused-ring (bicyclic) bond motifs is 2. The fourth-order valence-electron chi connectivity index (χ4n) is 3.98. The van der Waals surface area contributed by atoms with Gasteiger partial charge in [-0.25, -0.2) is 0 Å². The van der Waals surface area contributed by atoms with Gasteiger partial charge in [0.1, 0.15) is 0 Å². The minimum atomic E-state index is -0.646. The van der Waals surface area contributed by atoms with Crippen molar-refractivity contribution in [3.63, 3.8) is 0 Å². The lowest BCUT2D eigenvalue weighted by Gasteiger charge is -2.25. The van der Waals surface area contributed by atoms with Gasteiger partial charge in [0, 0.05) is 34.4 Å². The lowest BCUT2D eigenvalue weighted by atomic mass is 9.80. The third-order valence-corrected chi connectivity index (χ3v) is 5.27. The maximum atomic E-state index is 13.2. The standard InChI is InChI=1S/C21H18N2O4/c22-11-17(24)23-10-4-9-16(23)20(26)15-8-3-7-14-18(15)21(27)13-6-2-1-5-12(13)19(14)25/h1-3,5-8,16H,4,9-11,22H2/t16-/m0/s1. The fraction of sp³-hybridized carbons (Fsp3) is 0.238. The van der Waals surface area contributed by atoms with Crippen molar-refractivity contribution in [2.75, 3.05) is 13.1 Å². The van der Waals surface area contributed by atoms with Crippen molar-refractivity contribution in [3.8, 4) is 0 Å². The van der Waals surface area contributed by atoms with E-state index in [2.05, 4.69) is 0 Å². The van der Waals surface area contributed by atoms with Crippen LogP contribution in [0.1, 0.15) is 55.0 Å². The maximum absolute atomic E-state index is 13.2. The quantitative estimate of drug-likeness (QED) is 0.714. The summed E-state index contributed by atoms with van der Waals surface area (Å²) < 4.78 is 0. The minimum Gasteiger partial charge on any atom is -0.331 e. The van der Waals surface area contributed by atoms with E-state index >= 15 is 0 Å². The number of nitrogens with two attached hydrogens (primary N) is 1. The van der Waals surface area contributed by atoms with E-state index in [1.54, 1.807) is 42.5 Å². The van der Waals surface area contributed by atoms with Crippen molar-refractivity contribution in [1.82, 2.24) is 4.90 Å². The number of hydrogen-bond donors (Lipinski definition) is 1. The maximum Gasteiger partial charge on any atom is 0.236 e. The number of carbonyl (C=O) groups is 4. The lowest BCUT2D eigenvalue weighted by molar-refractivity contribution is -0.129. The van der Waals surface area contributed by atoms with Gasteiger partial charge in [0.25, 0.3) is 0 Å². The largest absolute Gasteiger partial charge is 0.331 e. The molecule has 1 amide bonds. The molecule has 1 aliphatic carbocycles. The summed E-state index contributed by atoms with van der Waals surface area (Å²) in [6.45, 7) is 0.304. The molecule has 2 aliphatic rings. The first kappa shape index (κ1) is 17.3. The van der Waals surface area contributed by atoms with E-state index in [1.807, 2.05) is 0 Å². The van der Waals surface area contributed by atoms with Crippen LogP contribution in [0.5, 0.6) is 0 Å². The molecule has 2 aromatic rings. The molecule has 0 radical (unpaired) electrons. The van der Waals surface area contributed by atoms with E-state index in [0.717, 1.165) is 0 Å². The van der Waals surface area contributed by atoms with Crippen LogP contribution in [0.3, 0.4) is 0 Å². The molecule has 0 unspecified atom stereocenters. The Labute approximate surface area is 156 Å². The van der Waals surface area contributed by atoms with Crippen molar-refractivity contribution >= 4 is 23.3 Å². The average Bonchev–Trinajstić information content (AvgIpc) is 3.20. The summed E-state index contributed by atoms with van der Waals surface area (Å²) in [5, 5.41) is 0. The second kappa shape index (κ2) is 6.55. The monoisotopic (exact) mass is 362 g/mol. The number of rotatable bonds is 3. The number of carbonyl (C=O) groups excluding carboxylic acids is 4. The third kappa shape index (κ3) is 2.61. The Kier molecular flexibility index (Phi) is 4.20. The molecule has 0 aromatic heterocycles. The molecule has 2 N–H and O–H groups in total. The van der Waals surface area contributed by atoms with E-state index in [-0.39, 0.29) is 46.5 Å². The van der Waals surface area contributed by atoms with Gasteiger partial charge in [0.05, 0.1) is 12.6 Å². The summed E-state index contributed by atoms with van der Waals surface area (Å²) in [5.41, 5.74) is 6.67. The molecule has 0 saturated carbocycles. The number of hydrogen-bond acceptors (Lipinski definition) is 5. The fourth-order valence-corrected chi connectivity index (χ4v) is 3.98. The Morgan fingerprint density at radius 2 is 1.63 bits per heavy atom. The van der Waals surface area contributed by atoms with Gasteiger partial charge in [-0.2, -0.15) is 0 Å². The first-order chi connectivity index (χ1) is 13.0. The van der Waals surface area contributed by atoms with Gasteiger partial charge in [0.2, 0.25) is 5.91 Å². The second-order valence-corrected chi connectivity index (χ2v) is 6.75. The van der Waals surface area contributed by atoms with Crippen LogP contribution in [-0.2, 0) is 4.79 Å². The highest BCUT2D eigenvalue weighted by Crippen LogP contribution is 2.31. The van der Waals surface area contributed by atoms with Gasteiger partial charge in [-0.3, -0.25) is 19.2 Å². The molecule has 0 bridgehead atoms. The number of amides is 1. The smallest absolute Gasteiger partial charge is 0.236 e. The lowest BCUT2D eigenvalue weighted by Crippen LogP contribution is -2.44. The molecule has 6 nitrogen and oxygen atoms in total. The summed E-state index contributed by atoms with van der Waals surface area (Å²) in [6.07, 6.45) is 1.22. The first-order valence-electron chi connectivity index (χ1n) is 8.89. The Morgan fingerprint density at radius 1 is 0.963 bits per heavy atom. The van der Waals surface area contributed by atoms with Gasteiger partial charge in [0.15, 0.2) is 17.3 Å². The molecule has 1 atom stereocenters. The number of nitrogens with zero attached hydrogens (tertiary/aromatic N) is 1. The third-order valence-electron chi connectivity index (χ3n) is 5.27. The summed E-state index contributed by atoms with van der Waals surface area (Å²) in [7, 11) is 0. The predicted octanol–water partition coefficient (Wildman–Crippen LogP) is 1.59. The predicted molar refractivity (Wildman–Crippen MR) is 97.9 cm³/mol. The zero-order valence-corrected chi connectivity index (χ0v) is 14.6. The molecule has 27 heavy (non-hydrogen) atoms. The van der Waals surface area contributed by atoms with Crippen molar-refractivity contribution in [3.05, 3.63) is 70.3 Å². The van der Waals surface area contributed by atoms with Crippen LogP contribution >= 0.6 is 0 Å². The molecule has 2 aromatic carbocycles. The Morgan fingerprint density at radius 3 is 2.33 bits per heavy atom. The van der Waals surface area contributed by atoms with Crippen LogP contribution in [-0.4, -0.2) is 47.3 Å². The van der Waals surface area contributed by atoms with Gasteiger partial charge in [-0.05, 0) is 12.8 Å². The zero-order chi connectivity index (χ0) is 19.1. The molecule has 136 valence electrons. The summed E-state index contributed by atoms with van der Waals surface area (Å²) in [6, 6.07) is 10.7. The van der Waals surface area contributed by atoms with Crippen LogP contribution in [0.2, 0.25) is 0 Å². The van der Waals surface area contributed by atoms with Crippen LogP contribution in [0.4, 0.5) is 0 Å². The minimum absolute atomic E-state index is 0.137. The van der Waals surface area contributed by atoms with Crippen LogP contribution in [0, 0.1) is 0 Å². The topological polar surface area (TPSA) is 97.5 Å². The summed E-state index contributed by atoms with van der Waals surface area (Å²) in [5.74, 6) is -1.20. The molecule has 4 rings (SSSR count). The highest BCUT2D eigenvalue weighted by molar-refractivity contribution is 6.31. The van der Waals surface area contributed by atoms with E-state index < -0.39 is 6.04 Å². The number of Topliss-reactive ketones (excluding diaryl/α,β-unsaturated/α-hetero) is 1. The number of likely N-dealkylation sites (tertiary alicyclic amines) is 1. The highest BCUT2D eigenvalue weighted by Gasteiger charge is 2.38. The second-order valence-electron chi connectivity index (χ2n) is 6.75. The van der Waals surface area contributed by atoms with Crippen LogP contribution in [0.15, 0.2) is 42.5 Å². The molecule has 6 heteroatoms. The average molecular weight is 362 g/mol. The Bertz CT molecular complexity index is 995. The zero-order valence-electron chi connectivity index (χ0n) is 14.6. The normalized spacial score (nSPS) is 18.3. The van der Waals surface area contributed by atoms with Gasteiger partial charge in [-0.15, -0.1) is 0 Å². The van der Waals surface area contributed by atoms with Crippen molar-refractivity contribution in [2.45, 2.75) is 18.9 Å². The number of ketones is 3. The summed E-state index contributed by atoms with van der Waals surface area (Å²) in [4.78, 5) is 52.6. The van der Waals surface area contributed by atoms with E-state index in [9.17, 15) is 19.2 Å². The van der Waals surface area contributed by atoms with E-state index in [1.165, 1.54) is 4.90 Å². The molecule has 0 spiro atoms. The van der Waals surface area contributed by atoms with Gasteiger partial charge >= 0.3 is 0 Å². The van der Waals surface area contributed by atoms with Crippen LogP contribution < -0.4 is 5.73 Å². The first-order valence-corrected chi connectivity index (χ1v) is 8.89. The molecule has 1 aliphatic heterocycles. The molecule has 1 heterocycles. The molecule has 1 saturated heterocycles. The van der Waals surface area contributed by atoms with Crippen molar-refractivity contribution in [1.29, 1.82) is 0 Å². The van der Waals surface area contributed by atoms with Crippen molar-refractivity contribution in [2.24, 2.45) is 5.73 Å². The Balaban J connectivity index is 1.81. The highest BCUT2D eigenvalue weighted by atomic mass is 16.2. The SMILES string of the molecule is NCC(=O)N1CCC[C@H]1C(=O)c1cccc2c1C(=O)c1ccccc1C2=O. The molecule has 1 fully saturated rings. The Hall–Kier alpha value is -3.12. The number of benzene rings is 2. The van der Waals surface area contributed by atoms with E-state index in [4.69, 9.17) is 5.73 Å². The van der Waals surface area contributed by atoms with Crippen molar-refractivity contribution < 1.29 is 19.2 Å². The van der Waals surface area contributed by atoms with Gasteiger partial charge in [-0.1, -0.05) is 42.5 Å². The van der Waals surface area contributed by atoms with E-state index in [0.29, 0.717) is 30.5 Å². The molecular formula is C21H18N2O4. The molecular weight excluding hydrogens is 344 g/mol. The summed E-state index contributed by atoms with van der Waals surface area (Å²) >= 11 is 0.